The second-order valence-corrected chi connectivity index (χ2v) is 8.62. The molecular weight excluding hydrogens is 370 g/mol. The zero-order chi connectivity index (χ0) is 18.1. The van der Waals surface area contributed by atoms with E-state index in [1.807, 2.05) is 0 Å². The van der Waals surface area contributed by atoms with Gasteiger partial charge in [0.1, 0.15) is 5.69 Å². The third-order valence-electron chi connectivity index (χ3n) is 3.41. The van der Waals surface area contributed by atoms with Gasteiger partial charge in [-0.25, -0.2) is 12.7 Å². The average Bonchev–Trinajstić information content (AvgIpc) is 2.72. The number of carbonyl (C=O) groups excluding carboxylic acids is 1. The van der Waals surface area contributed by atoms with Crippen molar-refractivity contribution in [2.45, 2.75) is 18.7 Å². The first-order valence-corrected chi connectivity index (χ1v) is 10.2. The summed E-state index contributed by atoms with van der Waals surface area (Å²) in [7, 11) is -2.06. The van der Waals surface area contributed by atoms with Crippen molar-refractivity contribution >= 4 is 45.0 Å². The number of sulfonamides is 1. The fraction of sp³-hybridized carbons (Fsp3) is 0.333. The van der Waals surface area contributed by atoms with Crippen LogP contribution in [0.2, 0.25) is 5.02 Å². The maximum atomic E-state index is 12.6. The number of hydrogen-bond acceptors (Lipinski definition) is 5. The van der Waals surface area contributed by atoms with Gasteiger partial charge < -0.3 is 0 Å². The lowest BCUT2D eigenvalue weighted by molar-refractivity contribution is -0.115. The summed E-state index contributed by atoms with van der Waals surface area (Å²) in [5, 5.41) is 4.79. The molecule has 2 aromatic rings. The zero-order valence-corrected chi connectivity index (χ0v) is 16.2. The lowest BCUT2D eigenvalue weighted by atomic mass is 10.3. The van der Waals surface area contributed by atoms with Crippen LogP contribution >= 0.6 is 23.4 Å². The molecule has 0 radical (unpaired) electrons. The summed E-state index contributed by atoms with van der Waals surface area (Å²) in [6.07, 6.45) is 1.02. The normalized spacial score (nSPS) is 11.5. The topological polar surface area (TPSA) is 72.3 Å². The van der Waals surface area contributed by atoms with Gasteiger partial charge in [0.05, 0.1) is 23.4 Å². The molecule has 1 aromatic heterocycles. The van der Waals surface area contributed by atoms with Crippen molar-refractivity contribution in [2.24, 2.45) is 7.05 Å². The number of hydrogen-bond donors (Lipinski definition) is 0. The predicted molar refractivity (Wildman–Crippen MR) is 97.2 cm³/mol. The number of benzene rings is 1. The highest BCUT2D eigenvalue weighted by molar-refractivity contribution is 8.00. The van der Waals surface area contributed by atoms with Crippen LogP contribution in [0.4, 0.5) is 5.69 Å². The summed E-state index contributed by atoms with van der Waals surface area (Å²) in [5.74, 6) is -0.528. The van der Waals surface area contributed by atoms with Gasteiger partial charge >= 0.3 is 0 Å². The summed E-state index contributed by atoms with van der Waals surface area (Å²) in [6.45, 7) is 3.41. The Morgan fingerprint density at radius 1 is 1.29 bits per heavy atom. The summed E-state index contributed by atoms with van der Waals surface area (Å²) in [6, 6.07) is 7.01. The van der Waals surface area contributed by atoms with E-state index in [1.165, 1.54) is 11.8 Å². The summed E-state index contributed by atoms with van der Waals surface area (Å²) in [5.41, 5.74) is 1.43. The van der Waals surface area contributed by atoms with E-state index in [0.29, 0.717) is 22.1 Å². The van der Waals surface area contributed by atoms with Gasteiger partial charge in [-0.2, -0.15) is 5.10 Å². The minimum absolute atomic E-state index is 0.0114. The van der Waals surface area contributed by atoms with Crippen LogP contribution in [0.3, 0.4) is 0 Å². The fourth-order valence-corrected chi connectivity index (χ4v) is 4.25. The highest BCUT2D eigenvalue weighted by atomic mass is 35.5. The van der Waals surface area contributed by atoms with Gasteiger partial charge in [0.25, 0.3) is 5.91 Å². The van der Waals surface area contributed by atoms with E-state index >= 15 is 0 Å². The molecule has 0 aliphatic rings. The van der Waals surface area contributed by atoms with Crippen molar-refractivity contribution in [2.75, 3.05) is 16.3 Å². The van der Waals surface area contributed by atoms with Crippen LogP contribution in [0, 0.1) is 13.8 Å². The molecule has 0 atom stereocenters. The van der Waals surface area contributed by atoms with Gasteiger partial charge in [-0.1, -0.05) is 11.6 Å². The summed E-state index contributed by atoms with van der Waals surface area (Å²) < 4.78 is 26.8. The number of amides is 1. The monoisotopic (exact) mass is 387 g/mol. The van der Waals surface area contributed by atoms with E-state index in [2.05, 4.69) is 5.10 Å². The Bertz CT molecular complexity index is 861. The molecule has 1 amide bonds. The molecule has 2 rings (SSSR count). The largest absolute Gasteiger partial charge is 0.272 e. The Labute approximate surface area is 150 Å². The lowest BCUT2D eigenvalue weighted by Crippen LogP contribution is -2.38. The lowest BCUT2D eigenvalue weighted by Gasteiger charge is -2.20. The Morgan fingerprint density at radius 2 is 1.88 bits per heavy atom. The van der Waals surface area contributed by atoms with Crippen molar-refractivity contribution in [1.82, 2.24) is 9.78 Å². The molecule has 0 N–H and O–H groups in total. The summed E-state index contributed by atoms with van der Waals surface area (Å²) >= 11 is 7.08. The van der Waals surface area contributed by atoms with E-state index in [0.717, 1.165) is 15.5 Å². The number of halogens is 1. The van der Waals surface area contributed by atoms with Crippen LogP contribution < -0.4 is 4.31 Å². The van der Waals surface area contributed by atoms with Crippen molar-refractivity contribution in [1.29, 1.82) is 0 Å². The van der Waals surface area contributed by atoms with Crippen molar-refractivity contribution in [3.63, 3.8) is 0 Å². The Kier molecular flexibility index (Phi) is 5.62. The molecule has 0 unspecified atom stereocenters. The second-order valence-electron chi connectivity index (χ2n) is 5.31. The third-order valence-corrected chi connectivity index (χ3v) is 5.71. The van der Waals surface area contributed by atoms with Crippen LogP contribution in [-0.2, 0) is 21.9 Å². The maximum Gasteiger partial charge on any atom is 0.251 e. The molecule has 0 saturated heterocycles. The average molecular weight is 388 g/mol. The van der Waals surface area contributed by atoms with E-state index in [9.17, 15) is 13.2 Å². The maximum absolute atomic E-state index is 12.6. The van der Waals surface area contributed by atoms with Gasteiger partial charge in [-0.3, -0.25) is 9.48 Å². The van der Waals surface area contributed by atoms with Gasteiger partial charge in [0.15, 0.2) is 0 Å². The molecule has 1 heterocycles. The molecule has 130 valence electrons. The molecule has 1 aromatic carbocycles. The highest BCUT2D eigenvalue weighted by Crippen LogP contribution is 2.28. The van der Waals surface area contributed by atoms with Gasteiger partial charge in [0.2, 0.25) is 10.0 Å². The highest BCUT2D eigenvalue weighted by Gasteiger charge is 2.30. The molecule has 0 saturated carbocycles. The Hall–Kier alpha value is -1.51. The van der Waals surface area contributed by atoms with Crippen LogP contribution in [0.5, 0.6) is 0 Å². The fourth-order valence-electron chi connectivity index (χ4n) is 2.27. The standard InChI is InChI=1S/C15H18ClN3O3S2/c1-10-15(11(2)18(3)17-10)19(24(4,21)22)14(20)9-23-13-7-5-12(16)6-8-13/h5-8H,9H2,1-4H3. The molecule has 24 heavy (non-hydrogen) atoms. The molecule has 0 fully saturated rings. The number of thioether (sulfide) groups is 1. The van der Waals surface area contributed by atoms with Crippen LogP contribution in [0.15, 0.2) is 29.2 Å². The molecule has 0 spiro atoms. The SMILES string of the molecule is Cc1nn(C)c(C)c1N(C(=O)CSc1ccc(Cl)cc1)S(C)(=O)=O. The van der Waals surface area contributed by atoms with E-state index < -0.39 is 15.9 Å². The minimum atomic E-state index is -3.76. The Morgan fingerprint density at radius 3 is 2.33 bits per heavy atom. The molecule has 6 nitrogen and oxygen atoms in total. The summed E-state index contributed by atoms with van der Waals surface area (Å²) in [4.78, 5) is 13.4. The first-order valence-electron chi connectivity index (χ1n) is 7.03. The molecule has 0 aliphatic carbocycles. The number of carbonyl (C=O) groups is 1. The van der Waals surface area contributed by atoms with Crippen LogP contribution in [0.25, 0.3) is 0 Å². The quantitative estimate of drug-likeness (QED) is 0.737. The van der Waals surface area contributed by atoms with Crippen LogP contribution in [0.1, 0.15) is 11.4 Å². The smallest absolute Gasteiger partial charge is 0.251 e. The molecular formula is C15H18ClN3O3S2. The first-order chi connectivity index (χ1) is 11.1. The van der Waals surface area contributed by atoms with Gasteiger partial charge in [-0.05, 0) is 38.1 Å². The van der Waals surface area contributed by atoms with Gasteiger partial charge in [-0.15, -0.1) is 11.8 Å². The molecule has 9 heteroatoms. The minimum Gasteiger partial charge on any atom is -0.272 e. The zero-order valence-electron chi connectivity index (χ0n) is 13.8. The number of anilines is 1. The van der Waals surface area contributed by atoms with E-state index in [4.69, 9.17) is 11.6 Å². The number of aromatic nitrogens is 2. The first kappa shape index (κ1) is 18.8. The predicted octanol–water partition coefficient (Wildman–Crippen LogP) is 2.78. The van der Waals surface area contributed by atoms with Gasteiger partial charge in [0, 0.05) is 17.0 Å². The third kappa shape index (κ3) is 4.12. The van der Waals surface area contributed by atoms with E-state index in [-0.39, 0.29) is 5.75 Å². The molecule has 0 aliphatic heterocycles. The number of aryl methyl sites for hydroxylation is 2. The van der Waals surface area contributed by atoms with E-state index in [1.54, 1.807) is 49.8 Å². The Balaban J connectivity index is 2.28. The second kappa shape index (κ2) is 7.16. The van der Waals surface area contributed by atoms with Crippen molar-refractivity contribution in [3.8, 4) is 0 Å². The van der Waals surface area contributed by atoms with Crippen molar-refractivity contribution < 1.29 is 13.2 Å². The van der Waals surface area contributed by atoms with Crippen LogP contribution in [-0.4, -0.2) is 36.1 Å². The number of rotatable bonds is 5. The van der Waals surface area contributed by atoms with Crippen molar-refractivity contribution in [3.05, 3.63) is 40.7 Å². The molecule has 0 bridgehead atoms. The number of nitrogens with zero attached hydrogens (tertiary/aromatic N) is 3.